The summed E-state index contributed by atoms with van der Waals surface area (Å²) in [7, 11) is 5.32. The Balaban J connectivity index is 1.83. The maximum Gasteiger partial charge on any atom is 0.187 e. The van der Waals surface area contributed by atoms with E-state index < -0.39 is 9.84 Å². The van der Waals surface area contributed by atoms with E-state index in [-0.39, 0.29) is 11.5 Å². The minimum Gasteiger partial charge on any atom is -0.496 e. The zero-order chi connectivity index (χ0) is 31.7. The first-order valence-corrected chi connectivity index (χ1v) is 14.8. The summed E-state index contributed by atoms with van der Waals surface area (Å²) in [6.07, 6.45) is 4.29. The fourth-order valence-electron chi connectivity index (χ4n) is 4.43. The molecule has 0 bridgehead atoms. The van der Waals surface area contributed by atoms with E-state index in [1.807, 2.05) is 13.8 Å². The molecule has 0 spiro atoms. The van der Waals surface area contributed by atoms with Crippen LogP contribution in [-0.2, 0) is 15.6 Å². The smallest absolute Gasteiger partial charge is 0.187 e. The predicted molar refractivity (Wildman–Crippen MR) is 167 cm³/mol. The van der Waals surface area contributed by atoms with Gasteiger partial charge in [0.05, 0.1) is 59.7 Å². The van der Waals surface area contributed by atoms with E-state index >= 15 is 0 Å². The first-order chi connectivity index (χ1) is 20.5. The molecule has 3 aromatic carbocycles. The average Bonchev–Trinajstić information content (AvgIpc) is 3.00. The Kier molecular flexibility index (Phi) is 11.1. The van der Waals surface area contributed by atoms with Gasteiger partial charge in [0.2, 0.25) is 0 Å². The van der Waals surface area contributed by atoms with Crippen molar-refractivity contribution < 1.29 is 41.6 Å². The van der Waals surface area contributed by atoms with E-state index in [0.29, 0.717) is 56.9 Å². The molecule has 0 aliphatic rings. The lowest BCUT2D eigenvalue weighted by molar-refractivity contribution is 0.104. The monoisotopic (exact) mass is 611 g/mol. The molecule has 0 radical (unpaired) electrons. The Bertz CT molecular complexity index is 1620. The van der Waals surface area contributed by atoms with Crippen molar-refractivity contribution in [3.63, 3.8) is 0 Å². The molecular weight excluding hydrogens is 574 g/mol. The van der Waals surface area contributed by atoms with Crippen LogP contribution in [0.1, 0.15) is 32.6 Å². The quantitative estimate of drug-likeness (QED) is 0.178. The number of rotatable bonds is 14. The van der Waals surface area contributed by atoms with E-state index in [2.05, 4.69) is 5.32 Å². The molecule has 0 saturated heterocycles. The number of allylic oxidation sites excluding steroid dienone is 1. The van der Waals surface area contributed by atoms with Gasteiger partial charge in [-0.25, -0.2) is 8.42 Å². The molecule has 230 valence electrons. The second-order valence-corrected chi connectivity index (χ2v) is 11.2. The first kappa shape index (κ1) is 32.9. The van der Waals surface area contributed by atoms with E-state index in [1.54, 1.807) is 43.5 Å². The van der Waals surface area contributed by atoms with Gasteiger partial charge < -0.3 is 33.7 Å². The Morgan fingerprint density at radius 2 is 1.40 bits per heavy atom. The molecule has 0 amide bonds. The summed E-state index contributed by atoms with van der Waals surface area (Å²) < 4.78 is 58.4. The van der Waals surface area contributed by atoms with Crippen LogP contribution in [0.2, 0.25) is 0 Å². The van der Waals surface area contributed by atoms with Crippen LogP contribution in [0.5, 0.6) is 34.5 Å². The SMILES string of the molecule is COc1cc(OC)c(/C=C/S(=O)(=O)Cc2ccc(OC)c(N/C=C\C(=O)c3cc(OC)c(OC)c(C)c3C)c2)c(OC)c1. The lowest BCUT2D eigenvalue weighted by atomic mass is 9.98. The van der Waals surface area contributed by atoms with Crippen molar-refractivity contribution in [3.05, 3.63) is 81.9 Å². The van der Waals surface area contributed by atoms with Crippen LogP contribution in [0.3, 0.4) is 0 Å². The molecule has 0 fully saturated rings. The van der Waals surface area contributed by atoms with Crippen molar-refractivity contribution >= 4 is 27.4 Å². The van der Waals surface area contributed by atoms with Crippen LogP contribution < -0.4 is 33.7 Å². The number of hydrogen-bond acceptors (Lipinski definition) is 10. The molecule has 43 heavy (non-hydrogen) atoms. The maximum atomic E-state index is 13.1. The molecule has 0 heterocycles. The summed E-state index contributed by atoms with van der Waals surface area (Å²) in [6.45, 7) is 3.70. The maximum absolute atomic E-state index is 13.1. The van der Waals surface area contributed by atoms with Crippen LogP contribution in [0, 0.1) is 13.8 Å². The Morgan fingerprint density at radius 3 is 1.95 bits per heavy atom. The zero-order valence-corrected chi connectivity index (χ0v) is 26.4. The molecular formula is C32H37NO9S. The van der Waals surface area contributed by atoms with Crippen LogP contribution in [0.15, 0.2) is 54.1 Å². The summed E-state index contributed by atoms with van der Waals surface area (Å²) in [5, 5.41) is 4.15. The highest BCUT2D eigenvalue weighted by Crippen LogP contribution is 2.36. The fraction of sp³-hybridized carbons (Fsp3) is 0.281. The van der Waals surface area contributed by atoms with Gasteiger partial charge in [-0.2, -0.15) is 0 Å². The van der Waals surface area contributed by atoms with Crippen LogP contribution in [0.25, 0.3) is 6.08 Å². The lowest BCUT2D eigenvalue weighted by Gasteiger charge is -2.15. The highest BCUT2D eigenvalue weighted by atomic mass is 32.2. The average molecular weight is 612 g/mol. The first-order valence-electron chi connectivity index (χ1n) is 13.1. The standard InChI is InChI=1S/C32H37NO9S/c1-20-21(2)32(42-8)31(41-7)18-25(20)27(34)11-13-33-26-15-22(9-10-28(26)38-4)19-43(35,36)14-12-24-29(39-5)16-23(37-3)17-30(24)40-6/h9-18,33H,19H2,1-8H3/b13-11-,14-12+. The molecule has 0 saturated carbocycles. The molecule has 3 aromatic rings. The van der Waals surface area contributed by atoms with E-state index in [0.717, 1.165) is 16.5 Å². The Labute approximate surface area is 252 Å². The highest BCUT2D eigenvalue weighted by molar-refractivity contribution is 7.93. The topological polar surface area (TPSA) is 119 Å². The third-order valence-electron chi connectivity index (χ3n) is 6.80. The predicted octanol–water partition coefficient (Wildman–Crippen LogP) is 5.75. The summed E-state index contributed by atoms with van der Waals surface area (Å²) in [6, 6.07) is 9.90. The van der Waals surface area contributed by atoms with Crippen molar-refractivity contribution in [2.75, 3.05) is 48.0 Å². The number of ketones is 1. The molecule has 0 atom stereocenters. The normalized spacial score (nSPS) is 11.4. The number of carbonyl (C=O) groups is 1. The molecule has 0 aliphatic heterocycles. The number of nitrogens with one attached hydrogen (secondary N) is 1. The van der Waals surface area contributed by atoms with Gasteiger partial charge in [0.1, 0.15) is 23.0 Å². The van der Waals surface area contributed by atoms with Crippen LogP contribution >= 0.6 is 0 Å². The molecule has 10 nitrogen and oxygen atoms in total. The van der Waals surface area contributed by atoms with Gasteiger partial charge in [-0.3, -0.25) is 4.79 Å². The third kappa shape index (κ3) is 7.81. The molecule has 0 unspecified atom stereocenters. The largest absolute Gasteiger partial charge is 0.496 e. The van der Waals surface area contributed by atoms with E-state index in [4.69, 9.17) is 28.4 Å². The van der Waals surface area contributed by atoms with Gasteiger partial charge in [0, 0.05) is 35.4 Å². The van der Waals surface area contributed by atoms with Crippen LogP contribution in [-0.4, -0.2) is 56.9 Å². The molecule has 3 rings (SSSR count). The van der Waals surface area contributed by atoms with Gasteiger partial charge in [0.15, 0.2) is 27.1 Å². The van der Waals surface area contributed by atoms with Gasteiger partial charge in [0.25, 0.3) is 0 Å². The summed E-state index contributed by atoms with van der Waals surface area (Å²) in [5.74, 6) is 2.29. The number of hydrogen-bond donors (Lipinski definition) is 1. The van der Waals surface area contributed by atoms with Gasteiger partial charge in [-0.05, 0) is 54.8 Å². The molecule has 0 aliphatic carbocycles. The summed E-state index contributed by atoms with van der Waals surface area (Å²) in [4.78, 5) is 13.0. The number of sulfone groups is 1. The number of anilines is 1. The number of benzene rings is 3. The van der Waals surface area contributed by atoms with Crippen molar-refractivity contribution in [2.45, 2.75) is 19.6 Å². The zero-order valence-electron chi connectivity index (χ0n) is 25.6. The van der Waals surface area contributed by atoms with Crippen molar-refractivity contribution in [3.8, 4) is 34.5 Å². The summed E-state index contributed by atoms with van der Waals surface area (Å²) >= 11 is 0. The second-order valence-electron chi connectivity index (χ2n) is 9.34. The minimum absolute atomic E-state index is 0.249. The van der Waals surface area contributed by atoms with Gasteiger partial charge in [-0.1, -0.05) is 6.07 Å². The third-order valence-corrected chi connectivity index (χ3v) is 8.08. The number of methoxy groups -OCH3 is 6. The Hall–Kier alpha value is -4.64. The van der Waals surface area contributed by atoms with Gasteiger partial charge >= 0.3 is 0 Å². The van der Waals surface area contributed by atoms with Crippen LogP contribution in [0.4, 0.5) is 5.69 Å². The Morgan fingerprint density at radius 1 is 0.767 bits per heavy atom. The van der Waals surface area contributed by atoms with Crippen molar-refractivity contribution in [2.24, 2.45) is 0 Å². The molecule has 0 aromatic heterocycles. The molecule has 11 heteroatoms. The van der Waals surface area contributed by atoms with E-state index in [9.17, 15) is 13.2 Å². The minimum atomic E-state index is -3.71. The lowest BCUT2D eigenvalue weighted by Crippen LogP contribution is -2.05. The second kappa shape index (κ2) is 14.5. The number of ether oxygens (including phenoxy) is 6. The van der Waals surface area contributed by atoms with E-state index in [1.165, 1.54) is 53.9 Å². The van der Waals surface area contributed by atoms with Crippen molar-refractivity contribution in [1.82, 2.24) is 0 Å². The fourth-order valence-corrected chi connectivity index (χ4v) is 5.51. The molecule has 1 N–H and O–H groups in total. The van der Waals surface area contributed by atoms with Crippen molar-refractivity contribution in [1.29, 1.82) is 0 Å². The van der Waals surface area contributed by atoms with Gasteiger partial charge in [-0.15, -0.1) is 0 Å². The summed E-state index contributed by atoms with van der Waals surface area (Å²) in [5.41, 5.74) is 3.50. The highest BCUT2D eigenvalue weighted by Gasteiger charge is 2.18. The number of carbonyl (C=O) groups excluding carboxylic acids is 1.